The minimum absolute atomic E-state index is 0.0769. The van der Waals surface area contributed by atoms with Crippen LogP contribution in [-0.4, -0.2) is 21.9 Å². The van der Waals surface area contributed by atoms with Gasteiger partial charge in [0.1, 0.15) is 5.67 Å². The zero-order chi connectivity index (χ0) is 12.3. The quantitative estimate of drug-likeness (QED) is 0.826. The Labute approximate surface area is 93.5 Å². The highest BCUT2D eigenvalue weighted by molar-refractivity contribution is 5.74. The number of aliphatic carboxylic acids is 1. The van der Waals surface area contributed by atoms with Gasteiger partial charge in [-0.3, -0.25) is 0 Å². The molecule has 0 aliphatic heterocycles. The van der Waals surface area contributed by atoms with Gasteiger partial charge >= 0.3 is 5.97 Å². The van der Waals surface area contributed by atoms with Gasteiger partial charge < -0.3 is 10.2 Å². The van der Waals surface area contributed by atoms with Crippen LogP contribution in [0, 0.1) is 0 Å². The molecule has 0 fully saturated rings. The topological polar surface area (TPSA) is 57.5 Å². The van der Waals surface area contributed by atoms with Crippen LogP contribution in [0.1, 0.15) is 31.1 Å². The Morgan fingerprint density at radius 3 is 2.50 bits per heavy atom. The molecule has 16 heavy (non-hydrogen) atoms. The predicted octanol–water partition coefficient (Wildman–Crippen LogP) is 2.10. The van der Waals surface area contributed by atoms with E-state index in [2.05, 4.69) is 0 Å². The van der Waals surface area contributed by atoms with E-state index in [0.717, 1.165) is 0 Å². The monoisotopic (exact) mass is 226 g/mol. The summed E-state index contributed by atoms with van der Waals surface area (Å²) in [7, 11) is 0. The van der Waals surface area contributed by atoms with Gasteiger partial charge in [-0.05, 0) is 25.0 Å². The van der Waals surface area contributed by atoms with E-state index in [4.69, 9.17) is 5.11 Å². The average molecular weight is 226 g/mol. The molecule has 0 amide bonds. The zero-order valence-corrected chi connectivity index (χ0v) is 9.27. The van der Waals surface area contributed by atoms with E-state index < -0.39 is 17.7 Å². The van der Waals surface area contributed by atoms with Crippen molar-refractivity contribution in [1.82, 2.24) is 0 Å². The second-order valence-electron chi connectivity index (χ2n) is 4.34. The highest BCUT2D eigenvalue weighted by Gasteiger charge is 2.23. The number of benzene rings is 1. The van der Waals surface area contributed by atoms with Crippen LogP contribution < -0.4 is 0 Å². The molecular weight excluding hydrogens is 211 g/mol. The van der Waals surface area contributed by atoms with Crippen LogP contribution in [0.2, 0.25) is 0 Å². The molecule has 0 aliphatic carbocycles. The predicted molar refractivity (Wildman–Crippen MR) is 57.9 cm³/mol. The Kier molecular flexibility index (Phi) is 3.65. The van der Waals surface area contributed by atoms with Crippen LogP contribution in [-0.2, 0) is 11.2 Å². The molecule has 3 nitrogen and oxygen atoms in total. The lowest BCUT2D eigenvalue weighted by atomic mass is 9.93. The van der Waals surface area contributed by atoms with Gasteiger partial charge in [0.05, 0.1) is 0 Å². The van der Waals surface area contributed by atoms with E-state index in [0.29, 0.717) is 5.56 Å². The maximum Gasteiger partial charge on any atom is 0.337 e. The lowest BCUT2D eigenvalue weighted by Crippen LogP contribution is -2.19. The Morgan fingerprint density at radius 1 is 1.44 bits per heavy atom. The first kappa shape index (κ1) is 12.6. The van der Waals surface area contributed by atoms with Crippen LogP contribution in [0.5, 0.6) is 0 Å². The minimum Gasteiger partial charge on any atom is -0.479 e. The van der Waals surface area contributed by atoms with E-state index in [-0.39, 0.29) is 12.0 Å². The Balaban J connectivity index is 3.05. The number of carboxylic acid groups (broad SMARTS) is 1. The first-order chi connectivity index (χ1) is 7.31. The number of carbonyl (C=O) groups is 1. The molecule has 1 atom stereocenters. The number of aliphatic hydroxyl groups excluding tert-OH is 1. The number of hydrogen-bond donors (Lipinski definition) is 2. The van der Waals surface area contributed by atoms with E-state index in [1.807, 2.05) is 0 Å². The molecule has 1 aromatic carbocycles. The van der Waals surface area contributed by atoms with Crippen molar-refractivity contribution >= 4 is 5.97 Å². The molecule has 1 unspecified atom stereocenters. The average Bonchev–Trinajstić information content (AvgIpc) is 2.15. The maximum atomic E-state index is 13.5. The van der Waals surface area contributed by atoms with Crippen molar-refractivity contribution in [2.45, 2.75) is 32.0 Å². The minimum atomic E-state index is -1.60. The van der Waals surface area contributed by atoms with Crippen LogP contribution in [0.15, 0.2) is 24.3 Å². The summed E-state index contributed by atoms with van der Waals surface area (Å²) in [5, 5.41) is 18.2. The second-order valence-corrected chi connectivity index (χ2v) is 4.34. The molecule has 0 aliphatic rings. The summed E-state index contributed by atoms with van der Waals surface area (Å²) in [6, 6.07) is 6.44. The van der Waals surface area contributed by atoms with Crippen molar-refractivity contribution in [3.63, 3.8) is 0 Å². The number of rotatable bonds is 4. The van der Waals surface area contributed by atoms with Crippen LogP contribution in [0.3, 0.4) is 0 Å². The molecule has 0 bridgehead atoms. The third-order valence-corrected chi connectivity index (χ3v) is 2.19. The molecule has 0 saturated carbocycles. The van der Waals surface area contributed by atoms with Crippen molar-refractivity contribution < 1.29 is 19.4 Å². The Hall–Kier alpha value is -1.42. The highest BCUT2D eigenvalue weighted by atomic mass is 19.1. The summed E-state index contributed by atoms with van der Waals surface area (Å²) < 4.78 is 13.5. The SMILES string of the molecule is CC(C)(F)Cc1ccccc1C(O)C(=O)O. The van der Waals surface area contributed by atoms with Gasteiger partial charge in [0, 0.05) is 6.42 Å². The third-order valence-electron chi connectivity index (χ3n) is 2.19. The Bertz CT molecular complexity index is 382. The molecule has 0 spiro atoms. The largest absolute Gasteiger partial charge is 0.479 e. The molecule has 1 aromatic rings. The van der Waals surface area contributed by atoms with E-state index in [1.54, 1.807) is 18.2 Å². The van der Waals surface area contributed by atoms with Gasteiger partial charge in [-0.25, -0.2) is 9.18 Å². The van der Waals surface area contributed by atoms with Gasteiger partial charge in [-0.15, -0.1) is 0 Å². The summed E-state index contributed by atoms with van der Waals surface area (Å²) in [6.45, 7) is 2.83. The second kappa shape index (κ2) is 4.61. The number of halogens is 1. The van der Waals surface area contributed by atoms with E-state index >= 15 is 0 Å². The van der Waals surface area contributed by atoms with Crippen LogP contribution in [0.25, 0.3) is 0 Å². The fraction of sp³-hybridized carbons (Fsp3) is 0.417. The molecule has 88 valence electrons. The fourth-order valence-electron chi connectivity index (χ4n) is 1.55. The highest BCUT2D eigenvalue weighted by Crippen LogP contribution is 2.24. The molecule has 0 heterocycles. The first-order valence-electron chi connectivity index (χ1n) is 4.99. The number of aliphatic hydroxyl groups is 1. The van der Waals surface area contributed by atoms with E-state index in [9.17, 15) is 14.3 Å². The zero-order valence-electron chi connectivity index (χ0n) is 9.27. The molecule has 0 saturated heterocycles. The van der Waals surface area contributed by atoms with Crippen LogP contribution in [0.4, 0.5) is 4.39 Å². The van der Waals surface area contributed by atoms with Gasteiger partial charge in [0.2, 0.25) is 0 Å². The number of alkyl halides is 1. The standard InChI is InChI=1S/C12H15FO3/c1-12(2,13)7-8-5-3-4-6-9(8)10(14)11(15)16/h3-6,10,14H,7H2,1-2H3,(H,15,16). The molecule has 2 N–H and O–H groups in total. The fourth-order valence-corrected chi connectivity index (χ4v) is 1.55. The maximum absolute atomic E-state index is 13.5. The first-order valence-corrected chi connectivity index (χ1v) is 4.99. The Morgan fingerprint density at radius 2 is 2.00 bits per heavy atom. The van der Waals surface area contributed by atoms with Crippen molar-refractivity contribution in [2.24, 2.45) is 0 Å². The van der Waals surface area contributed by atoms with Crippen LogP contribution >= 0.6 is 0 Å². The third kappa shape index (κ3) is 3.31. The molecule has 0 radical (unpaired) electrons. The lowest BCUT2D eigenvalue weighted by molar-refractivity contribution is -0.147. The molecule has 0 aromatic heterocycles. The molecule has 1 rings (SSSR count). The summed E-state index contributed by atoms with van der Waals surface area (Å²) in [5.41, 5.74) is -0.667. The lowest BCUT2D eigenvalue weighted by Gasteiger charge is -2.18. The summed E-state index contributed by atoms with van der Waals surface area (Å²) in [5.74, 6) is -1.33. The van der Waals surface area contributed by atoms with Gasteiger partial charge in [0.15, 0.2) is 6.10 Å². The molecular formula is C12H15FO3. The van der Waals surface area contributed by atoms with Crippen molar-refractivity contribution in [3.8, 4) is 0 Å². The van der Waals surface area contributed by atoms with Gasteiger partial charge in [0.25, 0.3) is 0 Å². The normalized spacial score (nSPS) is 13.5. The van der Waals surface area contributed by atoms with Gasteiger partial charge in [-0.1, -0.05) is 24.3 Å². The van der Waals surface area contributed by atoms with Crippen molar-refractivity contribution in [1.29, 1.82) is 0 Å². The summed E-state index contributed by atoms with van der Waals surface area (Å²) >= 11 is 0. The van der Waals surface area contributed by atoms with Crippen molar-refractivity contribution in [3.05, 3.63) is 35.4 Å². The molecule has 4 heteroatoms. The van der Waals surface area contributed by atoms with E-state index in [1.165, 1.54) is 19.9 Å². The number of carboxylic acids is 1. The summed E-state index contributed by atoms with van der Waals surface area (Å²) in [4.78, 5) is 10.7. The number of hydrogen-bond acceptors (Lipinski definition) is 2. The van der Waals surface area contributed by atoms with Crippen molar-refractivity contribution in [2.75, 3.05) is 0 Å². The summed E-state index contributed by atoms with van der Waals surface area (Å²) in [6.07, 6.45) is -1.52. The van der Waals surface area contributed by atoms with Gasteiger partial charge in [-0.2, -0.15) is 0 Å². The smallest absolute Gasteiger partial charge is 0.337 e.